The Labute approximate surface area is 129 Å². The number of methoxy groups -OCH3 is 2. The number of esters is 2. The molecule has 1 aliphatic heterocycles. The van der Waals surface area contributed by atoms with Gasteiger partial charge in [0.2, 0.25) is 0 Å². The van der Waals surface area contributed by atoms with E-state index in [2.05, 4.69) is 0 Å². The number of hydrogen-bond acceptors (Lipinski definition) is 6. The summed E-state index contributed by atoms with van der Waals surface area (Å²) in [6, 6.07) is 7.27. The lowest BCUT2D eigenvalue weighted by atomic mass is 10.2. The Balaban J connectivity index is 2.26. The van der Waals surface area contributed by atoms with E-state index < -0.39 is 11.9 Å². The van der Waals surface area contributed by atoms with Crippen molar-refractivity contribution >= 4 is 47.1 Å². The molecule has 0 unspecified atom stereocenters. The molecule has 0 aromatic heterocycles. The van der Waals surface area contributed by atoms with Crippen LogP contribution in [0.2, 0.25) is 5.02 Å². The second-order valence-electron chi connectivity index (χ2n) is 3.76. The highest BCUT2D eigenvalue weighted by molar-refractivity contribution is 8.23. The predicted octanol–water partition coefficient (Wildman–Crippen LogP) is 3.38. The molecule has 20 heavy (non-hydrogen) atoms. The average Bonchev–Trinajstić information content (AvgIpc) is 2.91. The number of rotatable bonds is 3. The second-order valence-corrected chi connectivity index (χ2v) is 6.73. The SMILES string of the molecule is COC(=O)C1=C(C(=O)OC)SC(c2ccc(Cl)cc2)S1. The molecule has 0 atom stereocenters. The fourth-order valence-corrected chi connectivity index (χ4v) is 4.51. The Morgan fingerprint density at radius 3 is 1.85 bits per heavy atom. The van der Waals surface area contributed by atoms with Gasteiger partial charge in [-0.25, -0.2) is 9.59 Å². The molecule has 1 aromatic rings. The Bertz CT molecular complexity index is 540. The van der Waals surface area contributed by atoms with Gasteiger partial charge in [0.15, 0.2) is 0 Å². The molecule has 4 nitrogen and oxygen atoms in total. The smallest absolute Gasteiger partial charge is 0.345 e. The van der Waals surface area contributed by atoms with E-state index >= 15 is 0 Å². The van der Waals surface area contributed by atoms with Crippen LogP contribution in [-0.2, 0) is 19.1 Å². The van der Waals surface area contributed by atoms with Gasteiger partial charge >= 0.3 is 11.9 Å². The third-order valence-corrected chi connectivity index (χ3v) is 5.68. The molecule has 0 radical (unpaired) electrons. The number of thioether (sulfide) groups is 2. The molecule has 7 heteroatoms. The van der Waals surface area contributed by atoms with Crippen molar-refractivity contribution in [3.63, 3.8) is 0 Å². The van der Waals surface area contributed by atoms with Crippen molar-refractivity contribution in [3.8, 4) is 0 Å². The van der Waals surface area contributed by atoms with Gasteiger partial charge in [0.1, 0.15) is 9.81 Å². The topological polar surface area (TPSA) is 52.6 Å². The Hall–Kier alpha value is -1.11. The number of carbonyl (C=O) groups excluding carboxylic acids is 2. The minimum Gasteiger partial charge on any atom is -0.465 e. The molecular weight excluding hydrogens is 320 g/mol. The fourth-order valence-electron chi connectivity index (χ4n) is 1.57. The molecule has 1 heterocycles. The van der Waals surface area contributed by atoms with Gasteiger partial charge in [-0.2, -0.15) is 0 Å². The minimum absolute atomic E-state index is 0.101. The van der Waals surface area contributed by atoms with E-state index in [1.165, 1.54) is 37.7 Å². The van der Waals surface area contributed by atoms with Crippen molar-refractivity contribution in [3.05, 3.63) is 44.7 Å². The Morgan fingerprint density at radius 1 is 1.00 bits per heavy atom. The molecule has 1 aromatic carbocycles. The molecular formula is C13H11ClO4S2. The number of hydrogen-bond donors (Lipinski definition) is 0. The summed E-state index contributed by atoms with van der Waals surface area (Å²) >= 11 is 8.41. The minimum atomic E-state index is -0.528. The van der Waals surface area contributed by atoms with Gasteiger partial charge in [0.25, 0.3) is 0 Å². The zero-order valence-electron chi connectivity index (χ0n) is 10.7. The van der Waals surface area contributed by atoms with Crippen LogP contribution in [0.15, 0.2) is 34.1 Å². The zero-order chi connectivity index (χ0) is 14.7. The summed E-state index contributed by atoms with van der Waals surface area (Å²) in [4.78, 5) is 24.0. The first-order valence-electron chi connectivity index (χ1n) is 5.56. The molecule has 0 spiro atoms. The summed E-state index contributed by atoms with van der Waals surface area (Å²) in [5.41, 5.74) is 0.963. The second kappa shape index (κ2) is 6.56. The van der Waals surface area contributed by atoms with Crippen LogP contribution >= 0.6 is 35.1 Å². The highest BCUT2D eigenvalue weighted by Gasteiger charge is 2.35. The Morgan fingerprint density at radius 2 is 1.45 bits per heavy atom. The monoisotopic (exact) mass is 330 g/mol. The normalized spacial score (nSPS) is 15.3. The molecule has 0 N–H and O–H groups in total. The maximum atomic E-state index is 11.7. The van der Waals surface area contributed by atoms with Crippen molar-refractivity contribution < 1.29 is 19.1 Å². The summed E-state index contributed by atoms with van der Waals surface area (Å²) in [6.07, 6.45) is 0. The van der Waals surface area contributed by atoms with Crippen molar-refractivity contribution in [2.75, 3.05) is 14.2 Å². The van der Waals surface area contributed by atoms with Gasteiger partial charge < -0.3 is 9.47 Å². The maximum Gasteiger partial charge on any atom is 0.345 e. The molecule has 1 aliphatic rings. The highest BCUT2D eigenvalue weighted by atomic mass is 35.5. The molecule has 0 fully saturated rings. The van der Waals surface area contributed by atoms with E-state index in [1.807, 2.05) is 12.1 Å². The van der Waals surface area contributed by atoms with Crippen molar-refractivity contribution in [1.82, 2.24) is 0 Å². The first-order chi connectivity index (χ1) is 9.56. The van der Waals surface area contributed by atoms with E-state index in [4.69, 9.17) is 21.1 Å². The van der Waals surface area contributed by atoms with E-state index in [9.17, 15) is 9.59 Å². The fraction of sp³-hybridized carbons (Fsp3) is 0.231. The molecule has 0 aliphatic carbocycles. The first kappa shape index (κ1) is 15.3. The van der Waals surface area contributed by atoms with Crippen molar-refractivity contribution in [1.29, 1.82) is 0 Å². The van der Waals surface area contributed by atoms with Gasteiger partial charge in [-0.3, -0.25) is 0 Å². The third kappa shape index (κ3) is 3.13. The van der Waals surface area contributed by atoms with Crippen LogP contribution in [0, 0.1) is 0 Å². The molecule has 2 rings (SSSR count). The number of halogens is 1. The lowest BCUT2D eigenvalue weighted by Crippen LogP contribution is -2.08. The summed E-state index contributed by atoms with van der Waals surface area (Å²) in [5.74, 6) is -1.06. The van der Waals surface area contributed by atoms with Gasteiger partial charge in [-0.15, -0.1) is 0 Å². The lowest BCUT2D eigenvalue weighted by molar-refractivity contribution is -0.138. The summed E-state index contributed by atoms with van der Waals surface area (Å²) in [6.45, 7) is 0. The molecule has 106 valence electrons. The van der Waals surface area contributed by atoms with Crippen LogP contribution in [0.5, 0.6) is 0 Å². The average molecular weight is 331 g/mol. The third-order valence-electron chi connectivity index (χ3n) is 2.54. The van der Waals surface area contributed by atoms with Crippen LogP contribution in [-0.4, -0.2) is 26.2 Å². The molecule has 0 amide bonds. The van der Waals surface area contributed by atoms with Crippen LogP contribution in [0.25, 0.3) is 0 Å². The summed E-state index contributed by atoms with van der Waals surface area (Å²) < 4.78 is 9.30. The largest absolute Gasteiger partial charge is 0.465 e. The lowest BCUT2D eigenvalue weighted by Gasteiger charge is -2.09. The van der Waals surface area contributed by atoms with E-state index in [1.54, 1.807) is 12.1 Å². The molecule has 0 saturated carbocycles. The predicted molar refractivity (Wildman–Crippen MR) is 80.4 cm³/mol. The van der Waals surface area contributed by atoms with Crippen LogP contribution in [0.3, 0.4) is 0 Å². The number of ether oxygens (including phenoxy) is 2. The number of carbonyl (C=O) groups is 2. The standard InChI is InChI=1S/C13H11ClO4S2/c1-17-11(15)9-10(12(16)18-2)20-13(19-9)7-3-5-8(14)6-4-7/h3-6,13H,1-2H3. The van der Waals surface area contributed by atoms with E-state index in [0.29, 0.717) is 5.02 Å². The summed E-state index contributed by atoms with van der Waals surface area (Å²) in [5, 5.41) is 0.635. The first-order valence-corrected chi connectivity index (χ1v) is 7.70. The van der Waals surface area contributed by atoms with Gasteiger partial charge in [-0.1, -0.05) is 47.3 Å². The van der Waals surface area contributed by atoms with Gasteiger partial charge in [0.05, 0.1) is 18.8 Å². The molecule has 0 saturated heterocycles. The van der Waals surface area contributed by atoms with Crippen LogP contribution in [0.4, 0.5) is 0 Å². The Kier molecular flexibility index (Phi) is 5.01. The van der Waals surface area contributed by atoms with E-state index in [0.717, 1.165) is 5.56 Å². The highest BCUT2D eigenvalue weighted by Crippen LogP contribution is 2.55. The van der Waals surface area contributed by atoms with Gasteiger partial charge in [-0.05, 0) is 17.7 Å². The van der Waals surface area contributed by atoms with Gasteiger partial charge in [0, 0.05) is 5.02 Å². The maximum absolute atomic E-state index is 11.7. The quantitative estimate of drug-likeness (QED) is 0.792. The van der Waals surface area contributed by atoms with Crippen LogP contribution < -0.4 is 0 Å². The van der Waals surface area contributed by atoms with Crippen molar-refractivity contribution in [2.24, 2.45) is 0 Å². The van der Waals surface area contributed by atoms with Crippen molar-refractivity contribution in [2.45, 2.75) is 4.58 Å². The summed E-state index contributed by atoms with van der Waals surface area (Å²) in [7, 11) is 2.57. The van der Waals surface area contributed by atoms with Crippen LogP contribution in [0.1, 0.15) is 10.1 Å². The number of benzene rings is 1. The molecule has 0 bridgehead atoms. The zero-order valence-corrected chi connectivity index (χ0v) is 13.1. The van der Waals surface area contributed by atoms with E-state index in [-0.39, 0.29) is 14.4 Å².